The number of benzene rings is 1. The molecule has 0 unspecified atom stereocenters. The van der Waals surface area contributed by atoms with Crippen molar-refractivity contribution < 1.29 is 4.79 Å². The summed E-state index contributed by atoms with van der Waals surface area (Å²) in [5.41, 5.74) is 1.35. The summed E-state index contributed by atoms with van der Waals surface area (Å²) in [4.78, 5) is 12.6. The molecule has 0 aliphatic carbocycles. The average molecular weight is 242 g/mol. The first-order valence-electron chi connectivity index (χ1n) is 5.20. The molecule has 90 valence electrons. The summed E-state index contributed by atoms with van der Waals surface area (Å²) in [6.07, 6.45) is -0.173. The molecule has 0 atom stereocenters. The lowest BCUT2D eigenvalue weighted by atomic mass is 10.2. The molecule has 0 aliphatic rings. The molecule has 0 aliphatic heterocycles. The van der Waals surface area contributed by atoms with E-state index < -0.39 is 0 Å². The Morgan fingerprint density at radius 2 is 2.39 bits per heavy atom. The summed E-state index contributed by atoms with van der Waals surface area (Å²) in [7, 11) is 1.68. The van der Waals surface area contributed by atoms with Crippen molar-refractivity contribution in [3.8, 4) is 17.5 Å². The van der Waals surface area contributed by atoms with Crippen LogP contribution in [0.2, 0.25) is 0 Å². The minimum atomic E-state index is -0.346. The SMILES string of the molecule is Cn1nnc(-c2cccc(NC(=O)CC#N)c2)n1. The van der Waals surface area contributed by atoms with Gasteiger partial charge in [0.1, 0.15) is 6.42 Å². The van der Waals surface area contributed by atoms with E-state index in [1.54, 1.807) is 31.3 Å². The normalized spacial score (nSPS) is 9.78. The lowest BCUT2D eigenvalue weighted by Crippen LogP contribution is -2.09. The summed E-state index contributed by atoms with van der Waals surface area (Å²) in [5, 5.41) is 22.7. The number of amides is 1. The Morgan fingerprint density at radius 3 is 3.06 bits per heavy atom. The molecule has 0 saturated carbocycles. The van der Waals surface area contributed by atoms with Crippen LogP contribution in [0.1, 0.15) is 6.42 Å². The zero-order chi connectivity index (χ0) is 13.0. The van der Waals surface area contributed by atoms with Gasteiger partial charge < -0.3 is 5.32 Å². The zero-order valence-electron chi connectivity index (χ0n) is 9.66. The molecule has 2 rings (SSSR count). The van der Waals surface area contributed by atoms with Gasteiger partial charge in [0.05, 0.1) is 13.1 Å². The molecule has 0 spiro atoms. The zero-order valence-corrected chi connectivity index (χ0v) is 9.66. The number of nitrogens with zero attached hydrogens (tertiary/aromatic N) is 5. The molecule has 0 saturated heterocycles. The molecule has 0 fully saturated rings. The number of hydrogen-bond donors (Lipinski definition) is 1. The fraction of sp³-hybridized carbons (Fsp3) is 0.182. The Hall–Kier alpha value is -2.75. The van der Waals surface area contributed by atoms with Crippen molar-refractivity contribution in [3.63, 3.8) is 0 Å². The summed E-state index contributed by atoms with van der Waals surface area (Å²) in [6, 6.07) is 8.83. The standard InChI is InChI=1S/C11H10N6O/c1-17-15-11(14-16-17)8-3-2-4-9(7-8)13-10(18)5-6-12/h2-4,7H,5H2,1H3,(H,13,18). The third kappa shape index (κ3) is 2.68. The molecular weight excluding hydrogens is 232 g/mol. The largest absolute Gasteiger partial charge is 0.325 e. The first kappa shape index (κ1) is 11.7. The van der Waals surface area contributed by atoms with Gasteiger partial charge in [-0.1, -0.05) is 12.1 Å². The highest BCUT2D eigenvalue weighted by Gasteiger charge is 2.06. The fourth-order valence-corrected chi connectivity index (χ4v) is 1.41. The van der Waals surface area contributed by atoms with Crippen LogP contribution in [0.5, 0.6) is 0 Å². The van der Waals surface area contributed by atoms with E-state index >= 15 is 0 Å². The fourth-order valence-electron chi connectivity index (χ4n) is 1.41. The van der Waals surface area contributed by atoms with Gasteiger partial charge in [-0.3, -0.25) is 4.79 Å². The quantitative estimate of drug-likeness (QED) is 0.855. The minimum absolute atomic E-state index is 0.173. The number of rotatable bonds is 3. The van der Waals surface area contributed by atoms with E-state index in [2.05, 4.69) is 20.7 Å². The van der Waals surface area contributed by atoms with Crippen molar-refractivity contribution in [2.75, 3.05) is 5.32 Å². The molecule has 18 heavy (non-hydrogen) atoms. The molecule has 1 N–H and O–H groups in total. The molecule has 7 nitrogen and oxygen atoms in total. The van der Waals surface area contributed by atoms with E-state index in [1.165, 1.54) is 4.80 Å². The van der Waals surface area contributed by atoms with Crippen molar-refractivity contribution in [3.05, 3.63) is 24.3 Å². The van der Waals surface area contributed by atoms with Gasteiger partial charge in [-0.25, -0.2) is 0 Å². The third-order valence-electron chi connectivity index (χ3n) is 2.15. The number of hydrogen-bond acceptors (Lipinski definition) is 5. The lowest BCUT2D eigenvalue weighted by molar-refractivity contribution is -0.115. The molecule has 1 amide bonds. The number of nitrogens with one attached hydrogen (secondary N) is 1. The average Bonchev–Trinajstić information content (AvgIpc) is 2.76. The summed E-state index contributed by atoms with van der Waals surface area (Å²) in [5.74, 6) is 0.135. The molecule has 7 heteroatoms. The van der Waals surface area contributed by atoms with Gasteiger partial charge in [0.15, 0.2) is 0 Å². The van der Waals surface area contributed by atoms with Crippen LogP contribution in [0, 0.1) is 11.3 Å². The predicted octanol–water partition coefficient (Wildman–Crippen LogP) is 0.729. The maximum absolute atomic E-state index is 11.3. The number of carbonyl (C=O) groups excluding carboxylic acids is 1. The summed E-state index contributed by atoms with van der Waals surface area (Å²) < 4.78 is 0. The van der Waals surface area contributed by atoms with Gasteiger partial charge in [0, 0.05) is 11.3 Å². The Morgan fingerprint density at radius 1 is 1.56 bits per heavy atom. The maximum atomic E-state index is 11.3. The number of anilines is 1. The summed E-state index contributed by atoms with van der Waals surface area (Å²) in [6.45, 7) is 0. The van der Waals surface area contributed by atoms with Crippen molar-refractivity contribution in [1.82, 2.24) is 20.2 Å². The van der Waals surface area contributed by atoms with Crippen LogP contribution >= 0.6 is 0 Å². The Bertz CT molecular complexity index is 612. The van der Waals surface area contributed by atoms with Crippen molar-refractivity contribution >= 4 is 11.6 Å². The van der Waals surface area contributed by atoms with Gasteiger partial charge in [-0.05, 0) is 17.3 Å². The molecule has 0 radical (unpaired) electrons. The van der Waals surface area contributed by atoms with E-state index in [0.717, 1.165) is 5.56 Å². The Kier molecular flexibility index (Phi) is 3.29. The van der Waals surface area contributed by atoms with Crippen LogP contribution in [0.25, 0.3) is 11.4 Å². The number of aryl methyl sites for hydroxylation is 1. The highest BCUT2D eigenvalue weighted by molar-refractivity contribution is 5.92. The van der Waals surface area contributed by atoms with E-state index in [9.17, 15) is 4.79 Å². The Balaban J connectivity index is 2.20. The van der Waals surface area contributed by atoms with Gasteiger partial charge in [-0.2, -0.15) is 10.1 Å². The number of aromatic nitrogens is 4. The van der Waals surface area contributed by atoms with Gasteiger partial charge in [-0.15, -0.1) is 10.2 Å². The second-order valence-corrected chi connectivity index (χ2v) is 3.57. The van der Waals surface area contributed by atoms with Crippen LogP contribution in [-0.2, 0) is 11.8 Å². The van der Waals surface area contributed by atoms with Gasteiger partial charge in [0.2, 0.25) is 11.7 Å². The smallest absolute Gasteiger partial charge is 0.238 e. The number of nitriles is 1. The molecule has 0 bridgehead atoms. The third-order valence-corrected chi connectivity index (χ3v) is 2.15. The second-order valence-electron chi connectivity index (χ2n) is 3.57. The molecular formula is C11H10N6O. The Labute approximate surface area is 103 Å². The van der Waals surface area contributed by atoms with Crippen LogP contribution in [-0.4, -0.2) is 26.1 Å². The van der Waals surface area contributed by atoms with E-state index in [0.29, 0.717) is 11.5 Å². The maximum Gasteiger partial charge on any atom is 0.238 e. The van der Waals surface area contributed by atoms with Crippen LogP contribution in [0.15, 0.2) is 24.3 Å². The van der Waals surface area contributed by atoms with Crippen molar-refractivity contribution in [1.29, 1.82) is 5.26 Å². The van der Waals surface area contributed by atoms with Crippen LogP contribution < -0.4 is 5.32 Å². The molecule has 1 aromatic heterocycles. The second kappa shape index (κ2) is 5.05. The van der Waals surface area contributed by atoms with Crippen LogP contribution in [0.3, 0.4) is 0 Å². The van der Waals surface area contributed by atoms with E-state index in [-0.39, 0.29) is 12.3 Å². The number of tetrazole rings is 1. The first-order chi connectivity index (χ1) is 8.69. The van der Waals surface area contributed by atoms with Crippen LogP contribution in [0.4, 0.5) is 5.69 Å². The lowest BCUT2D eigenvalue weighted by Gasteiger charge is -2.03. The van der Waals surface area contributed by atoms with Gasteiger partial charge >= 0.3 is 0 Å². The monoisotopic (exact) mass is 242 g/mol. The van der Waals surface area contributed by atoms with E-state index in [1.807, 2.05) is 6.07 Å². The highest BCUT2D eigenvalue weighted by Crippen LogP contribution is 2.18. The van der Waals surface area contributed by atoms with Crippen molar-refractivity contribution in [2.45, 2.75) is 6.42 Å². The molecule has 2 aromatic rings. The van der Waals surface area contributed by atoms with Gasteiger partial charge in [0.25, 0.3) is 0 Å². The predicted molar refractivity (Wildman–Crippen MR) is 63.1 cm³/mol. The topological polar surface area (TPSA) is 96.5 Å². The van der Waals surface area contributed by atoms with E-state index in [4.69, 9.17) is 5.26 Å². The molecule has 1 aromatic carbocycles. The summed E-state index contributed by atoms with van der Waals surface area (Å²) >= 11 is 0. The van der Waals surface area contributed by atoms with Crippen molar-refractivity contribution in [2.24, 2.45) is 7.05 Å². The highest BCUT2D eigenvalue weighted by atomic mass is 16.1. The minimum Gasteiger partial charge on any atom is -0.325 e. The first-order valence-corrected chi connectivity index (χ1v) is 5.20. The molecule has 1 heterocycles. The number of carbonyl (C=O) groups is 1.